The molecule has 1 N–H and O–H groups in total. The maximum Gasteiger partial charge on any atom is 0.348 e. The highest BCUT2D eigenvalue weighted by Gasteiger charge is 2.50. The van der Waals surface area contributed by atoms with Crippen LogP contribution in [0.5, 0.6) is 6.01 Å². The first-order valence-corrected chi connectivity index (χ1v) is 11.1. The van der Waals surface area contributed by atoms with Gasteiger partial charge in [0.25, 0.3) is 0 Å². The number of nitrogens with zero attached hydrogens (tertiary/aromatic N) is 2. The van der Waals surface area contributed by atoms with E-state index in [1.54, 1.807) is 0 Å². The quantitative estimate of drug-likeness (QED) is 0.371. The molecule has 6 nitrogen and oxygen atoms in total. The van der Waals surface area contributed by atoms with E-state index in [-0.39, 0.29) is 12.6 Å². The first-order valence-electron chi connectivity index (χ1n) is 11.1. The summed E-state index contributed by atoms with van der Waals surface area (Å²) in [6.07, 6.45) is -1.46. The number of aryl methyl sites for hydroxylation is 1. The molecule has 1 unspecified atom stereocenters. The minimum atomic E-state index is -1.46. The number of rotatable bonds is 9. The molecule has 0 saturated heterocycles. The molecule has 4 rings (SSSR count). The number of hydrogen-bond donors (Lipinski definition) is 1. The molecule has 1 atom stereocenters. The Labute approximate surface area is 198 Å². The molecule has 0 spiro atoms. The fourth-order valence-electron chi connectivity index (χ4n) is 4.07. The zero-order valence-electron chi connectivity index (χ0n) is 19.1. The van der Waals surface area contributed by atoms with Crippen LogP contribution in [-0.4, -0.2) is 33.8 Å². The highest BCUT2D eigenvalue weighted by molar-refractivity contribution is 5.76. The van der Waals surface area contributed by atoms with Crippen molar-refractivity contribution in [1.29, 1.82) is 0 Å². The minimum Gasteiger partial charge on any atom is -0.478 e. The van der Waals surface area contributed by atoms with Gasteiger partial charge in [0.2, 0.25) is 6.10 Å². The third-order valence-corrected chi connectivity index (χ3v) is 5.50. The second-order valence-corrected chi connectivity index (χ2v) is 7.78. The Kier molecular flexibility index (Phi) is 6.99. The molecule has 0 amide bonds. The molecule has 34 heavy (non-hydrogen) atoms. The smallest absolute Gasteiger partial charge is 0.348 e. The normalized spacial score (nSPS) is 12.2. The number of carboxylic acid groups (broad SMARTS) is 1. The molecular weight excluding hydrogens is 428 g/mol. The number of carboxylic acids is 1. The van der Waals surface area contributed by atoms with Crippen molar-refractivity contribution in [2.45, 2.75) is 25.6 Å². The molecule has 1 aromatic heterocycles. The lowest BCUT2D eigenvalue weighted by Crippen LogP contribution is -2.51. The van der Waals surface area contributed by atoms with Crippen LogP contribution in [0.25, 0.3) is 11.3 Å². The molecule has 0 aliphatic carbocycles. The Hall–Kier alpha value is -4.03. The molecule has 6 heteroatoms. The summed E-state index contributed by atoms with van der Waals surface area (Å²) in [6, 6.07) is 29.9. The largest absolute Gasteiger partial charge is 0.478 e. The van der Waals surface area contributed by atoms with Gasteiger partial charge in [-0.2, -0.15) is 4.98 Å². The van der Waals surface area contributed by atoms with Gasteiger partial charge in [0.15, 0.2) is 5.60 Å². The molecule has 3 aromatic carbocycles. The Balaban J connectivity index is 1.86. The van der Waals surface area contributed by atoms with Crippen LogP contribution in [-0.2, 0) is 15.1 Å². The summed E-state index contributed by atoms with van der Waals surface area (Å²) < 4.78 is 12.4. The summed E-state index contributed by atoms with van der Waals surface area (Å²) in [5, 5.41) is 10.4. The lowest BCUT2D eigenvalue weighted by molar-refractivity contribution is -0.163. The molecule has 0 saturated carbocycles. The van der Waals surface area contributed by atoms with Crippen LogP contribution in [0.2, 0.25) is 0 Å². The fraction of sp³-hybridized carbons (Fsp3) is 0.179. The Morgan fingerprint density at radius 3 is 1.91 bits per heavy atom. The zero-order valence-corrected chi connectivity index (χ0v) is 19.1. The molecule has 4 aromatic rings. The number of aliphatic carboxylic acids is 1. The Morgan fingerprint density at radius 2 is 1.41 bits per heavy atom. The third kappa shape index (κ3) is 4.67. The summed E-state index contributed by atoms with van der Waals surface area (Å²) in [5.41, 5.74) is 2.08. The average molecular weight is 455 g/mol. The second-order valence-electron chi connectivity index (χ2n) is 7.78. The predicted molar refractivity (Wildman–Crippen MR) is 130 cm³/mol. The molecule has 0 radical (unpaired) electrons. The minimum absolute atomic E-state index is 0.0257. The molecule has 0 aliphatic heterocycles. The van der Waals surface area contributed by atoms with Gasteiger partial charge in [-0.15, -0.1) is 0 Å². The summed E-state index contributed by atoms with van der Waals surface area (Å²) in [7, 11) is 0. The van der Waals surface area contributed by atoms with Crippen molar-refractivity contribution in [3.63, 3.8) is 0 Å². The van der Waals surface area contributed by atoms with Crippen LogP contribution in [0.1, 0.15) is 23.7 Å². The van der Waals surface area contributed by atoms with Gasteiger partial charge >= 0.3 is 12.0 Å². The van der Waals surface area contributed by atoms with Gasteiger partial charge in [-0.05, 0) is 31.0 Å². The summed E-state index contributed by atoms with van der Waals surface area (Å²) in [6.45, 7) is 3.91. The number of hydrogen-bond acceptors (Lipinski definition) is 5. The van der Waals surface area contributed by atoms with Crippen molar-refractivity contribution in [1.82, 2.24) is 9.97 Å². The first kappa shape index (κ1) is 23.1. The fourth-order valence-corrected chi connectivity index (χ4v) is 4.07. The average Bonchev–Trinajstić information content (AvgIpc) is 2.87. The van der Waals surface area contributed by atoms with Crippen LogP contribution in [0.4, 0.5) is 0 Å². The maximum atomic E-state index is 12.8. The third-order valence-electron chi connectivity index (χ3n) is 5.50. The van der Waals surface area contributed by atoms with E-state index >= 15 is 0 Å². The van der Waals surface area contributed by atoms with Crippen molar-refractivity contribution in [3.05, 3.63) is 114 Å². The van der Waals surface area contributed by atoms with Crippen LogP contribution in [0.15, 0.2) is 97.1 Å². The molecular formula is C28H26N2O4. The van der Waals surface area contributed by atoms with Crippen molar-refractivity contribution in [3.8, 4) is 17.3 Å². The van der Waals surface area contributed by atoms with Crippen molar-refractivity contribution in [2.24, 2.45) is 0 Å². The number of ether oxygens (including phenoxy) is 2. The summed E-state index contributed by atoms with van der Waals surface area (Å²) >= 11 is 0. The van der Waals surface area contributed by atoms with Gasteiger partial charge in [0.05, 0.1) is 5.69 Å². The van der Waals surface area contributed by atoms with E-state index in [2.05, 4.69) is 9.97 Å². The standard InChI is InChI=1S/C28H26N2O4/c1-3-33-28(22-15-9-5-10-16-22,23-17-11-6-12-18-23)25(26(31)32)34-27-29-20(2)19-24(30-27)21-13-7-4-8-14-21/h4-19,25H,3H2,1-2H3,(H,31,32). The van der Waals surface area contributed by atoms with E-state index in [9.17, 15) is 9.90 Å². The first-order chi connectivity index (χ1) is 16.5. The van der Waals surface area contributed by atoms with Gasteiger partial charge in [-0.3, -0.25) is 0 Å². The summed E-state index contributed by atoms with van der Waals surface area (Å²) in [4.78, 5) is 21.7. The van der Waals surface area contributed by atoms with E-state index < -0.39 is 17.7 Å². The highest BCUT2D eigenvalue weighted by atomic mass is 16.6. The Morgan fingerprint density at radius 1 is 0.882 bits per heavy atom. The molecule has 172 valence electrons. The monoisotopic (exact) mass is 454 g/mol. The van der Waals surface area contributed by atoms with E-state index in [1.807, 2.05) is 111 Å². The number of benzene rings is 3. The van der Waals surface area contributed by atoms with Gasteiger partial charge in [-0.1, -0.05) is 91.0 Å². The van der Waals surface area contributed by atoms with Crippen LogP contribution in [0.3, 0.4) is 0 Å². The Bertz CT molecular complexity index is 1190. The van der Waals surface area contributed by atoms with Crippen molar-refractivity contribution < 1.29 is 19.4 Å². The van der Waals surface area contributed by atoms with E-state index in [0.29, 0.717) is 22.5 Å². The topological polar surface area (TPSA) is 81.5 Å². The van der Waals surface area contributed by atoms with Gasteiger partial charge in [-0.25, -0.2) is 9.78 Å². The molecule has 0 aliphatic rings. The SMILES string of the molecule is CCOC(c1ccccc1)(c1ccccc1)C(Oc1nc(C)cc(-c2ccccc2)n1)C(=O)O. The highest BCUT2D eigenvalue weighted by Crippen LogP contribution is 2.39. The van der Waals surface area contributed by atoms with Crippen LogP contribution < -0.4 is 4.74 Å². The van der Waals surface area contributed by atoms with Crippen LogP contribution in [0, 0.1) is 6.92 Å². The number of aromatic nitrogens is 2. The van der Waals surface area contributed by atoms with E-state index in [1.165, 1.54) is 0 Å². The van der Waals surface area contributed by atoms with Crippen molar-refractivity contribution >= 4 is 5.97 Å². The predicted octanol–water partition coefficient (Wildman–Crippen LogP) is 5.26. The van der Waals surface area contributed by atoms with Gasteiger partial charge < -0.3 is 14.6 Å². The van der Waals surface area contributed by atoms with E-state index in [4.69, 9.17) is 9.47 Å². The molecule has 0 bridgehead atoms. The van der Waals surface area contributed by atoms with Gasteiger partial charge in [0.1, 0.15) is 0 Å². The maximum absolute atomic E-state index is 12.8. The lowest BCUT2D eigenvalue weighted by atomic mass is 9.81. The lowest BCUT2D eigenvalue weighted by Gasteiger charge is -2.38. The summed E-state index contributed by atoms with van der Waals surface area (Å²) in [5.74, 6) is -1.19. The van der Waals surface area contributed by atoms with Crippen molar-refractivity contribution in [2.75, 3.05) is 6.61 Å². The zero-order chi connectivity index (χ0) is 24.0. The molecule has 1 heterocycles. The van der Waals surface area contributed by atoms with Crippen LogP contribution >= 0.6 is 0 Å². The van der Waals surface area contributed by atoms with E-state index in [0.717, 1.165) is 5.56 Å². The number of carbonyl (C=O) groups is 1. The second kappa shape index (κ2) is 10.3. The van der Waals surface area contributed by atoms with Gasteiger partial charge in [0, 0.05) is 17.9 Å². The molecule has 0 fully saturated rings.